The smallest absolute Gasteiger partial charge is 0.417 e. The highest BCUT2D eigenvalue weighted by molar-refractivity contribution is 7.17. The zero-order valence-corrected chi connectivity index (χ0v) is 20.3. The maximum absolute atomic E-state index is 13.4. The molecule has 0 aliphatic carbocycles. The summed E-state index contributed by atoms with van der Waals surface area (Å²) in [6.45, 7) is 2.33. The SMILES string of the molecule is CC(NC(=O)c1nnc(Nc2ncnc3c2CCN(c2ccc(C#N)c(C(F)(F)F)c2)C3)s1)c1nnco1. The zero-order chi connectivity index (χ0) is 26.9. The Hall–Kier alpha value is -4.65. The lowest BCUT2D eigenvalue weighted by molar-refractivity contribution is -0.137. The number of anilines is 3. The van der Waals surface area contributed by atoms with Crippen molar-refractivity contribution in [2.24, 2.45) is 0 Å². The summed E-state index contributed by atoms with van der Waals surface area (Å²) in [5.74, 6) is 0.244. The average molecular weight is 543 g/mol. The van der Waals surface area contributed by atoms with E-state index in [2.05, 4.69) is 41.0 Å². The Labute approximate surface area is 216 Å². The third kappa shape index (κ3) is 5.09. The predicted octanol–water partition coefficient (Wildman–Crippen LogP) is 3.40. The molecule has 5 rings (SSSR count). The van der Waals surface area contributed by atoms with E-state index in [0.717, 1.165) is 29.4 Å². The van der Waals surface area contributed by atoms with Crippen LogP contribution in [0.25, 0.3) is 0 Å². The molecule has 16 heteroatoms. The van der Waals surface area contributed by atoms with Gasteiger partial charge in [-0.3, -0.25) is 4.79 Å². The second-order valence-corrected chi connectivity index (χ2v) is 9.15. The summed E-state index contributed by atoms with van der Waals surface area (Å²) in [5.41, 5.74) is 0.337. The van der Waals surface area contributed by atoms with Crippen molar-refractivity contribution in [3.8, 4) is 6.07 Å². The highest BCUT2D eigenvalue weighted by Gasteiger charge is 2.34. The first-order chi connectivity index (χ1) is 18.2. The van der Waals surface area contributed by atoms with Crippen LogP contribution in [0.4, 0.5) is 29.8 Å². The molecule has 3 aromatic heterocycles. The van der Waals surface area contributed by atoms with Gasteiger partial charge in [-0.2, -0.15) is 18.4 Å². The van der Waals surface area contributed by atoms with E-state index < -0.39 is 29.3 Å². The van der Waals surface area contributed by atoms with Crippen molar-refractivity contribution in [3.63, 3.8) is 0 Å². The summed E-state index contributed by atoms with van der Waals surface area (Å²) in [5, 5.41) is 30.5. The van der Waals surface area contributed by atoms with Gasteiger partial charge in [0.1, 0.15) is 18.2 Å². The highest BCUT2D eigenvalue weighted by Crippen LogP contribution is 2.36. The van der Waals surface area contributed by atoms with Crippen LogP contribution in [0.15, 0.2) is 35.3 Å². The van der Waals surface area contributed by atoms with E-state index in [9.17, 15) is 18.0 Å². The second kappa shape index (κ2) is 10.0. The maximum Gasteiger partial charge on any atom is 0.417 e. The van der Waals surface area contributed by atoms with Gasteiger partial charge in [-0.15, -0.1) is 20.4 Å². The van der Waals surface area contributed by atoms with Crippen LogP contribution in [0.2, 0.25) is 0 Å². The third-order valence-corrected chi connectivity index (χ3v) is 6.58. The number of benzene rings is 1. The van der Waals surface area contributed by atoms with Gasteiger partial charge in [0, 0.05) is 17.8 Å². The summed E-state index contributed by atoms with van der Waals surface area (Å²) < 4.78 is 45.3. The lowest BCUT2D eigenvalue weighted by Crippen LogP contribution is -2.32. The lowest BCUT2D eigenvalue weighted by atomic mass is 10.0. The molecule has 1 unspecified atom stereocenters. The van der Waals surface area contributed by atoms with Crippen LogP contribution in [0.1, 0.15) is 51.0 Å². The number of rotatable bonds is 6. The fraction of sp³-hybridized carbons (Fsp3) is 0.273. The Balaban J connectivity index is 1.30. The van der Waals surface area contributed by atoms with Gasteiger partial charge >= 0.3 is 6.18 Å². The number of nitrogens with zero attached hydrogens (tertiary/aromatic N) is 8. The summed E-state index contributed by atoms with van der Waals surface area (Å²) in [6, 6.07) is 4.72. The number of nitrogens with one attached hydrogen (secondary N) is 2. The Kier molecular flexibility index (Phi) is 6.59. The van der Waals surface area contributed by atoms with Crippen LogP contribution < -0.4 is 15.5 Å². The number of nitriles is 1. The molecular formula is C22H17F3N10O2S. The molecule has 1 atom stereocenters. The molecule has 194 valence electrons. The number of amides is 1. The topological polar surface area (TPSA) is 159 Å². The Morgan fingerprint density at radius 3 is 2.84 bits per heavy atom. The fourth-order valence-electron chi connectivity index (χ4n) is 3.90. The zero-order valence-electron chi connectivity index (χ0n) is 19.5. The van der Waals surface area contributed by atoms with Gasteiger partial charge in [-0.25, -0.2) is 9.97 Å². The van der Waals surface area contributed by atoms with E-state index in [1.54, 1.807) is 17.9 Å². The molecule has 1 aliphatic rings. The molecule has 4 aromatic rings. The van der Waals surface area contributed by atoms with Crippen LogP contribution in [0, 0.1) is 11.3 Å². The first-order valence-corrected chi connectivity index (χ1v) is 11.9. The van der Waals surface area contributed by atoms with Gasteiger partial charge in [-0.05, 0) is 31.5 Å². The van der Waals surface area contributed by atoms with Crippen molar-refractivity contribution < 1.29 is 22.4 Å². The van der Waals surface area contributed by atoms with Gasteiger partial charge in [0.25, 0.3) is 5.91 Å². The number of alkyl halides is 3. The number of carbonyl (C=O) groups is 1. The monoisotopic (exact) mass is 542 g/mol. The van der Waals surface area contributed by atoms with E-state index >= 15 is 0 Å². The number of aromatic nitrogens is 6. The fourth-order valence-corrected chi connectivity index (χ4v) is 4.55. The largest absolute Gasteiger partial charge is 0.426 e. The van der Waals surface area contributed by atoms with Gasteiger partial charge in [0.2, 0.25) is 22.4 Å². The van der Waals surface area contributed by atoms with E-state index in [0.29, 0.717) is 35.3 Å². The Morgan fingerprint density at radius 1 is 1.26 bits per heavy atom. The first-order valence-electron chi connectivity index (χ1n) is 11.1. The predicted molar refractivity (Wildman–Crippen MR) is 126 cm³/mol. The molecule has 4 heterocycles. The van der Waals surface area contributed by atoms with Crippen molar-refractivity contribution in [3.05, 3.63) is 64.2 Å². The van der Waals surface area contributed by atoms with E-state index in [1.807, 2.05) is 0 Å². The summed E-state index contributed by atoms with van der Waals surface area (Å²) >= 11 is 1.01. The van der Waals surface area contributed by atoms with Gasteiger partial charge in [0.05, 0.1) is 29.4 Å². The maximum atomic E-state index is 13.4. The molecule has 0 saturated carbocycles. The molecule has 2 N–H and O–H groups in total. The number of carbonyl (C=O) groups excluding carboxylic acids is 1. The number of hydrogen-bond donors (Lipinski definition) is 2. The highest BCUT2D eigenvalue weighted by atomic mass is 32.1. The van der Waals surface area contributed by atoms with E-state index in [1.165, 1.54) is 18.5 Å². The molecular weight excluding hydrogens is 525 g/mol. The van der Waals surface area contributed by atoms with Crippen molar-refractivity contribution >= 4 is 33.9 Å². The minimum Gasteiger partial charge on any atom is -0.426 e. The standard InChI is InChI=1S/C22H17F3N10O2S/c1-11(19-32-29-10-37-19)30-18(36)20-33-34-21(38-20)31-17-14-4-5-35(8-16(14)27-9-28-17)13-3-2-12(7-26)15(6-13)22(23,24)25/h2-3,6,9-11H,4-5,8H2,1H3,(H,30,36)(H,27,28,31,34). The molecule has 0 bridgehead atoms. The van der Waals surface area contributed by atoms with Gasteiger partial charge in [-0.1, -0.05) is 11.3 Å². The van der Waals surface area contributed by atoms with Crippen molar-refractivity contribution in [1.29, 1.82) is 5.26 Å². The molecule has 0 saturated heterocycles. The van der Waals surface area contributed by atoms with Gasteiger partial charge in [0.15, 0.2) is 0 Å². The molecule has 1 aromatic carbocycles. The van der Waals surface area contributed by atoms with Crippen LogP contribution in [-0.2, 0) is 19.1 Å². The van der Waals surface area contributed by atoms with Gasteiger partial charge < -0.3 is 20.0 Å². The lowest BCUT2D eigenvalue weighted by Gasteiger charge is -2.31. The molecule has 0 fully saturated rings. The van der Waals surface area contributed by atoms with E-state index in [-0.39, 0.29) is 17.4 Å². The summed E-state index contributed by atoms with van der Waals surface area (Å²) in [7, 11) is 0. The summed E-state index contributed by atoms with van der Waals surface area (Å²) in [4.78, 5) is 22.8. The molecule has 38 heavy (non-hydrogen) atoms. The minimum atomic E-state index is -4.64. The third-order valence-electron chi connectivity index (χ3n) is 5.74. The van der Waals surface area contributed by atoms with Crippen LogP contribution in [0.3, 0.4) is 0 Å². The summed E-state index contributed by atoms with van der Waals surface area (Å²) in [6.07, 6.45) is -1.70. The molecule has 0 radical (unpaired) electrons. The van der Waals surface area contributed by atoms with E-state index in [4.69, 9.17) is 9.68 Å². The molecule has 0 spiro atoms. The molecule has 1 amide bonds. The van der Waals surface area contributed by atoms with Crippen molar-refractivity contribution in [2.75, 3.05) is 16.8 Å². The average Bonchev–Trinajstić information content (AvgIpc) is 3.61. The number of halogens is 3. The van der Waals surface area contributed by atoms with Crippen LogP contribution in [0.5, 0.6) is 0 Å². The van der Waals surface area contributed by atoms with Crippen LogP contribution >= 0.6 is 11.3 Å². The number of hydrogen-bond acceptors (Lipinski definition) is 12. The van der Waals surface area contributed by atoms with Crippen molar-refractivity contribution in [1.82, 2.24) is 35.7 Å². The Bertz CT molecular complexity index is 1520. The number of fused-ring (bicyclic) bond motifs is 1. The molecule has 12 nitrogen and oxygen atoms in total. The van der Waals surface area contributed by atoms with Crippen molar-refractivity contribution in [2.45, 2.75) is 32.1 Å². The van der Waals surface area contributed by atoms with Crippen LogP contribution in [-0.4, -0.2) is 42.8 Å². The normalized spacial score (nSPS) is 13.9. The first kappa shape index (κ1) is 25.0. The minimum absolute atomic E-state index is 0.106. The Morgan fingerprint density at radius 2 is 2.11 bits per heavy atom. The quantitative estimate of drug-likeness (QED) is 0.368. The molecule has 1 aliphatic heterocycles. The second-order valence-electron chi connectivity index (χ2n) is 8.17.